The minimum atomic E-state index is -0.334. The molecule has 0 fully saturated rings. The molecule has 3 heterocycles. The number of thiol groups is 1. The summed E-state index contributed by atoms with van der Waals surface area (Å²) in [5.41, 5.74) is 2.78. The normalized spacial score (nSPS) is 18.8. The lowest BCUT2D eigenvalue weighted by atomic mass is 9.97. The zero-order chi connectivity index (χ0) is 26.8. The van der Waals surface area contributed by atoms with Crippen molar-refractivity contribution in [2.45, 2.75) is 24.3 Å². The predicted octanol–water partition coefficient (Wildman–Crippen LogP) is 4.65. The van der Waals surface area contributed by atoms with Gasteiger partial charge in [-0.3, -0.25) is 19.3 Å². The summed E-state index contributed by atoms with van der Waals surface area (Å²) in [6.07, 6.45) is 2.33. The average molecular weight is 540 g/mol. The van der Waals surface area contributed by atoms with Crippen molar-refractivity contribution in [3.8, 4) is 11.5 Å². The Labute approximate surface area is 232 Å². The maximum atomic E-state index is 14.0. The fraction of sp³-hybridized carbons (Fsp3) is 0.226. The highest BCUT2D eigenvalue weighted by Gasteiger charge is 2.38. The van der Waals surface area contributed by atoms with Crippen LogP contribution in [0.25, 0.3) is 0 Å². The number of aromatic nitrogens is 1. The van der Waals surface area contributed by atoms with Crippen LogP contribution in [0, 0.1) is 0 Å². The number of amides is 1. The van der Waals surface area contributed by atoms with Gasteiger partial charge in [0.2, 0.25) is 5.43 Å². The van der Waals surface area contributed by atoms with Gasteiger partial charge >= 0.3 is 0 Å². The van der Waals surface area contributed by atoms with E-state index in [0.717, 1.165) is 22.4 Å². The minimum Gasteiger partial charge on any atom is -0.493 e. The van der Waals surface area contributed by atoms with Gasteiger partial charge in [-0.05, 0) is 23.6 Å². The molecule has 7 nitrogen and oxygen atoms in total. The van der Waals surface area contributed by atoms with E-state index >= 15 is 0 Å². The Bertz CT molecular complexity index is 1530. The van der Waals surface area contributed by atoms with Crippen LogP contribution < -0.4 is 19.9 Å². The van der Waals surface area contributed by atoms with E-state index in [2.05, 4.69) is 23.2 Å². The van der Waals surface area contributed by atoms with Crippen molar-refractivity contribution >= 4 is 18.5 Å². The highest BCUT2D eigenvalue weighted by Crippen LogP contribution is 2.37. The van der Waals surface area contributed by atoms with Crippen LogP contribution in [0.5, 0.6) is 11.5 Å². The molecule has 2 atom stereocenters. The highest BCUT2D eigenvalue weighted by molar-refractivity contribution is 7.81. The number of hydrogen-bond acceptors (Lipinski definition) is 6. The van der Waals surface area contributed by atoms with Crippen molar-refractivity contribution in [2.75, 3.05) is 24.8 Å². The van der Waals surface area contributed by atoms with Crippen LogP contribution in [-0.2, 0) is 6.61 Å². The predicted molar refractivity (Wildman–Crippen MR) is 153 cm³/mol. The summed E-state index contributed by atoms with van der Waals surface area (Å²) in [5, 5.41) is 1.99. The van der Waals surface area contributed by atoms with Crippen LogP contribution >= 0.6 is 12.6 Å². The quantitative estimate of drug-likeness (QED) is 0.383. The van der Waals surface area contributed by atoms with E-state index in [4.69, 9.17) is 22.1 Å². The van der Waals surface area contributed by atoms with Crippen molar-refractivity contribution < 1.29 is 14.3 Å². The molecule has 1 aromatic heterocycles. The summed E-state index contributed by atoms with van der Waals surface area (Å²) in [5.74, 6) is 0.565. The summed E-state index contributed by atoms with van der Waals surface area (Å²) < 4.78 is 14.1. The van der Waals surface area contributed by atoms with Gasteiger partial charge in [0.25, 0.3) is 5.91 Å². The van der Waals surface area contributed by atoms with Gasteiger partial charge < -0.3 is 14.4 Å². The average Bonchev–Trinajstić information content (AvgIpc) is 2.98. The first-order chi connectivity index (χ1) is 19.1. The van der Waals surface area contributed by atoms with Crippen LogP contribution in [0.4, 0.5) is 0 Å². The molecule has 198 valence electrons. The molecular formula is C31H29N3O4S. The van der Waals surface area contributed by atoms with E-state index in [1.807, 2.05) is 66.7 Å². The molecule has 6 rings (SSSR count). The molecule has 0 radical (unpaired) electrons. The van der Waals surface area contributed by atoms with Crippen LogP contribution in [-0.4, -0.2) is 40.6 Å². The van der Waals surface area contributed by atoms with Crippen molar-refractivity contribution in [3.63, 3.8) is 0 Å². The summed E-state index contributed by atoms with van der Waals surface area (Å²) >= 11 is 4.78. The second kappa shape index (κ2) is 10.9. The Kier molecular flexibility index (Phi) is 7.02. The molecule has 2 aliphatic heterocycles. The molecule has 3 aromatic carbocycles. The summed E-state index contributed by atoms with van der Waals surface area (Å²) in [4.78, 5) is 28.9. The fourth-order valence-corrected chi connectivity index (χ4v) is 5.53. The lowest BCUT2D eigenvalue weighted by Crippen LogP contribution is -2.56. The Morgan fingerprint density at radius 3 is 2.41 bits per heavy atom. The highest BCUT2D eigenvalue weighted by atomic mass is 32.1. The molecule has 8 heteroatoms. The molecule has 4 aromatic rings. The van der Waals surface area contributed by atoms with Crippen LogP contribution in [0.3, 0.4) is 0 Å². The summed E-state index contributed by atoms with van der Waals surface area (Å²) in [6.45, 7) is 1.36. The molecule has 0 unspecified atom stereocenters. The maximum absolute atomic E-state index is 14.0. The van der Waals surface area contributed by atoms with Gasteiger partial charge in [-0.15, -0.1) is 0 Å². The number of carbonyl (C=O) groups is 1. The number of carbonyl (C=O) groups excluding carboxylic acids is 1. The second-order valence-corrected chi connectivity index (χ2v) is 10.5. The lowest BCUT2D eigenvalue weighted by Gasteiger charge is -2.44. The summed E-state index contributed by atoms with van der Waals surface area (Å²) in [7, 11) is 0. The monoisotopic (exact) mass is 539 g/mol. The number of ether oxygens (including phenoxy) is 2. The first-order valence-corrected chi connectivity index (χ1v) is 13.5. The molecular weight excluding hydrogens is 510 g/mol. The lowest BCUT2D eigenvalue weighted by molar-refractivity contribution is 0.0676. The maximum Gasteiger partial charge on any atom is 0.277 e. The van der Waals surface area contributed by atoms with Crippen LogP contribution in [0.15, 0.2) is 102 Å². The first kappa shape index (κ1) is 25.1. The molecule has 0 N–H and O–H groups in total. The Morgan fingerprint density at radius 1 is 0.897 bits per heavy atom. The summed E-state index contributed by atoms with van der Waals surface area (Å²) in [6, 6.07) is 28.9. The molecule has 2 bridgehead atoms. The third-order valence-corrected chi connectivity index (χ3v) is 7.53. The van der Waals surface area contributed by atoms with E-state index < -0.39 is 0 Å². The second-order valence-electron chi connectivity index (χ2n) is 9.73. The largest absolute Gasteiger partial charge is 0.493 e. The van der Waals surface area contributed by atoms with E-state index in [0.29, 0.717) is 26.2 Å². The SMILES string of the molecule is O=C1c2c(OCc3ccccc3)c(=O)ccn2N2CN1C[C@@H](S)CCOc1ccccc1[C@H]2c1ccccc1. The number of nitrogens with zero attached hydrogens (tertiary/aromatic N) is 3. The Morgan fingerprint density at radius 2 is 1.62 bits per heavy atom. The topological polar surface area (TPSA) is 64.0 Å². The number of rotatable bonds is 4. The number of fused-ring (bicyclic) bond motifs is 5. The van der Waals surface area contributed by atoms with Crippen molar-refractivity contribution in [1.29, 1.82) is 0 Å². The van der Waals surface area contributed by atoms with Crippen molar-refractivity contribution in [2.24, 2.45) is 0 Å². The van der Waals surface area contributed by atoms with E-state index in [1.165, 1.54) is 6.07 Å². The Hall–Kier alpha value is -4.17. The van der Waals surface area contributed by atoms with E-state index in [9.17, 15) is 9.59 Å². The van der Waals surface area contributed by atoms with Gasteiger partial charge in [0, 0.05) is 29.6 Å². The number of pyridine rings is 1. The van der Waals surface area contributed by atoms with Gasteiger partial charge in [-0.1, -0.05) is 78.9 Å². The molecule has 0 aliphatic carbocycles. The number of para-hydroxylation sites is 1. The molecule has 2 aliphatic rings. The van der Waals surface area contributed by atoms with Gasteiger partial charge in [0.05, 0.1) is 6.61 Å². The zero-order valence-electron chi connectivity index (χ0n) is 21.3. The molecule has 1 amide bonds. The molecule has 0 saturated carbocycles. The van der Waals surface area contributed by atoms with Gasteiger partial charge in [-0.2, -0.15) is 12.6 Å². The van der Waals surface area contributed by atoms with Gasteiger partial charge in [-0.25, -0.2) is 0 Å². The van der Waals surface area contributed by atoms with E-state index in [-0.39, 0.29) is 40.7 Å². The van der Waals surface area contributed by atoms with Crippen molar-refractivity contribution in [1.82, 2.24) is 9.58 Å². The number of hydrogen-bond donors (Lipinski definition) is 1. The van der Waals surface area contributed by atoms with Crippen molar-refractivity contribution in [3.05, 3.63) is 130 Å². The fourth-order valence-electron chi connectivity index (χ4n) is 5.23. The van der Waals surface area contributed by atoms with Crippen LogP contribution in [0.1, 0.15) is 39.6 Å². The molecule has 0 saturated heterocycles. The van der Waals surface area contributed by atoms with Crippen LogP contribution in [0.2, 0.25) is 0 Å². The third kappa shape index (κ3) is 5.00. The van der Waals surface area contributed by atoms with E-state index in [1.54, 1.807) is 15.8 Å². The third-order valence-electron chi connectivity index (χ3n) is 7.11. The van der Waals surface area contributed by atoms with Gasteiger partial charge in [0.15, 0.2) is 11.4 Å². The Balaban J connectivity index is 1.54. The van der Waals surface area contributed by atoms with Gasteiger partial charge in [0.1, 0.15) is 25.1 Å². The molecule has 0 spiro atoms. The number of benzene rings is 3. The standard InChI is InChI=1S/C31H29N3O4S/c35-26-15-17-33-29(30(26)38-20-22-9-3-1-4-10-22)31(36)32-19-24(39)16-18-37-27-14-8-7-13-25(27)28(34(33)21-32)23-11-5-2-6-12-23/h1-15,17,24,28,39H,16,18-21H2/t24-,28+/m0/s1. The first-order valence-electron chi connectivity index (χ1n) is 13.0. The molecule has 39 heavy (non-hydrogen) atoms. The smallest absolute Gasteiger partial charge is 0.277 e. The minimum absolute atomic E-state index is 0.0444. The zero-order valence-corrected chi connectivity index (χ0v) is 22.2.